The number of carbonyl (C=O) groups is 2. The number of pyridine rings is 1. The molecule has 0 saturated heterocycles. The summed E-state index contributed by atoms with van der Waals surface area (Å²) in [5.74, 6) is -0.0743. The van der Waals surface area contributed by atoms with Crippen LogP contribution in [0.2, 0.25) is 0 Å². The Morgan fingerprint density at radius 3 is 2.52 bits per heavy atom. The number of ketones is 1. The SMILES string of the molecule is CCC(=O)C1=C(O)C(=O)N(c2ccc(Oc3cccc(C)c3)cc2)C1c1cccnc1. The molecule has 3 aromatic rings. The Hall–Kier alpha value is -3.93. The molecule has 4 rings (SSSR count). The Balaban J connectivity index is 1.69. The maximum absolute atomic E-state index is 12.9. The zero-order valence-corrected chi connectivity index (χ0v) is 17.3. The van der Waals surface area contributed by atoms with Gasteiger partial charge >= 0.3 is 0 Å². The third-order valence-electron chi connectivity index (χ3n) is 5.17. The molecule has 6 nitrogen and oxygen atoms in total. The number of nitrogens with zero attached hydrogens (tertiary/aromatic N) is 2. The zero-order valence-electron chi connectivity index (χ0n) is 17.3. The van der Waals surface area contributed by atoms with Gasteiger partial charge in [-0.15, -0.1) is 0 Å². The number of benzene rings is 2. The summed E-state index contributed by atoms with van der Waals surface area (Å²) in [5.41, 5.74) is 2.38. The molecular weight excluding hydrogens is 392 g/mol. The van der Waals surface area contributed by atoms with Gasteiger partial charge in [0.05, 0.1) is 11.6 Å². The van der Waals surface area contributed by atoms with Crippen LogP contribution >= 0.6 is 0 Å². The molecular formula is C25H22N2O4. The highest BCUT2D eigenvalue weighted by Crippen LogP contribution is 2.41. The molecule has 1 amide bonds. The number of amides is 1. The number of aliphatic hydroxyl groups is 1. The first-order valence-corrected chi connectivity index (χ1v) is 10.0. The van der Waals surface area contributed by atoms with Crippen molar-refractivity contribution in [2.45, 2.75) is 26.3 Å². The summed E-state index contributed by atoms with van der Waals surface area (Å²) >= 11 is 0. The van der Waals surface area contributed by atoms with Crippen molar-refractivity contribution in [2.24, 2.45) is 0 Å². The molecule has 0 saturated carbocycles. The van der Waals surface area contributed by atoms with Crippen LogP contribution < -0.4 is 9.64 Å². The van der Waals surface area contributed by atoms with Crippen LogP contribution in [0.1, 0.15) is 30.5 Å². The van der Waals surface area contributed by atoms with E-state index in [9.17, 15) is 14.7 Å². The smallest absolute Gasteiger partial charge is 0.294 e. The number of rotatable bonds is 6. The molecule has 0 bridgehead atoms. The molecule has 0 fully saturated rings. The summed E-state index contributed by atoms with van der Waals surface area (Å²) in [6.07, 6.45) is 3.40. The number of anilines is 1. The summed E-state index contributed by atoms with van der Waals surface area (Å²) in [6.45, 7) is 3.69. The van der Waals surface area contributed by atoms with Crippen molar-refractivity contribution in [3.05, 3.63) is 95.5 Å². The largest absolute Gasteiger partial charge is 0.503 e. The van der Waals surface area contributed by atoms with Crippen molar-refractivity contribution in [1.82, 2.24) is 4.98 Å². The Morgan fingerprint density at radius 2 is 1.87 bits per heavy atom. The number of hydrogen-bond donors (Lipinski definition) is 1. The molecule has 1 unspecified atom stereocenters. The minimum Gasteiger partial charge on any atom is -0.503 e. The van der Waals surface area contributed by atoms with Gasteiger partial charge in [-0.25, -0.2) is 0 Å². The topological polar surface area (TPSA) is 79.7 Å². The lowest BCUT2D eigenvalue weighted by Gasteiger charge is -2.26. The fourth-order valence-electron chi connectivity index (χ4n) is 3.69. The molecule has 1 aromatic heterocycles. The molecule has 1 N–H and O–H groups in total. The van der Waals surface area contributed by atoms with Crippen LogP contribution in [0.25, 0.3) is 0 Å². The van der Waals surface area contributed by atoms with Gasteiger partial charge in [-0.05, 0) is 60.5 Å². The monoisotopic (exact) mass is 414 g/mol. The molecule has 1 atom stereocenters. The highest BCUT2D eigenvalue weighted by Gasteiger charge is 2.43. The molecule has 1 aliphatic heterocycles. The number of carbonyl (C=O) groups excluding carboxylic acids is 2. The minimum absolute atomic E-state index is 0.0978. The summed E-state index contributed by atoms with van der Waals surface area (Å²) in [7, 11) is 0. The number of aromatic nitrogens is 1. The van der Waals surface area contributed by atoms with Crippen molar-refractivity contribution < 1.29 is 19.4 Å². The molecule has 2 heterocycles. The lowest BCUT2D eigenvalue weighted by Crippen LogP contribution is -2.31. The molecule has 2 aromatic carbocycles. The van der Waals surface area contributed by atoms with Crippen LogP contribution in [-0.4, -0.2) is 21.8 Å². The van der Waals surface area contributed by atoms with E-state index in [-0.39, 0.29) is 17.8 Å². The van der Waals surface area contributed by atoms with Gasteiger partial charge in [-0.2, -0.15) is 0 Å². The van der Waals surface area contributed by atoms with Crippen LogP contribution in [0, 0.1) is 6.92 Å². The summed E-state index contributed by atoms with van der Waals surface area (Å²) in [6, 6.07) is 17.5. The van der Waals surface area contributed by atoms with Crippen molar-refractivity contribution in [3.8, 4) is 11.5 Å². The van der Waals surface area contributed by atoms with Gasteiger partial charge in [0.25, 0.3) is 5.91 Å². The molecule has 0 aliphatic carbocycles. The third-order valence-corrected chi connectivity index (χ3v) is 5.17. The van der Waals surface area contributed by atoms with E-state index in [2.05, 4.69) is 4.98 Å². The Kier molecular flexibility index (Phi) is 5.54. The van der Waals surface area contributed by atoms with Gasteiger partial charge in [-0.3, -0.25) is 19.5 Å². The third kappa shape index (κ3) is 3.92. The molecule has 0 radical (unpaired) electrons. The molecule has 1 aliphatic rings. The van der Waals surface area contributed by atoms with E-state index in [1.54, 1.807) is 55.7 Å². The minimum atomic E-state index is -0.739. The fourth-order valence-corrected chi connectivity index (χ4v) is 3.69. The normalized spacial score (nSPS) is 16.0. The number of ether oxygens (including phenoxy) is 1. The van der Waals surface area contributed by atoms with Crippen LogP contribution in [0.4, 0.5) is 5.69 Å². The van der Waals surface area contributed by atoms with Crippen LogP contribution in [0.3, 0.4) is 0 Å². The van der Waals surface area contributed by atoms with Gasteiger partial charge in [0.1, 0.15) is 11.5 Å². The van der Waals surface area contributed by atoms with Crippen LogP contribution in [0.5, 0.6) is 11.5 Å². The first kappa shape index (κ1) is 20.3. The Morgan fingerprint density at radius 1 is 1.10 bits per heavy atom. The second-order valence-corrected chi connectivity index (χ2v) is 7.32. The van der Waals surface area contributed by atoms with E-state index in [4.69, 9.17) is 4.74 Å². The quantitative estimate of drug-likeness (QED) is 0.610. The van der Waals surface area contributed by atoms with E-state index in [1.807, 2.05) is 31.2 Å². The molecule has 156 valence electrons. The number of aryl methyl sites for hydroxylation is 1. The van der Waals surface area contributed by atoms with E-state index in [1.165, 1.54) is 4.90 Å². The Labute approximate surface area is 180 Å². The van der Waals surface area contributed by atoms with Gasteiger partial charge in [0.15, 0.2) is 11.5 Å². The highest BCUT2D eigenvalue weighted by atomic mass is 16.5. The average Bonchev–Trinajstić information content (AvgIpc) is 3.05. The van der Waals surface area contributed by atoms with Gasteiger partial charge in [-0.1, -0.05) is 25.1 Å². The lowest BCUT2D eigenvalue weighted by molar-refractivity contribution is -0.118. The van der Waals surface area contributed by atoms with E-state index in [0.29, 0.717) is 22.7 Å². The first-order valence-electron chi connectivity index (χ1n) is 10.0. The standard InChI is InChI=1S/C25H22N2O4/c1-3-21(28)22-23(17-7-5-13-26-15-17)27(25(30)24(22)29)18-9-11-19(12-10-18)31-20-8-4-6-16(2)14-20/h4-15,23,29H,3H2,1-2H3. The second-order valence-electron chi connectivity index (χ2n) is 7.32. The van der Waals surface area contributed by atoms with Gasteiger partial charge < -0.3 is 9.84 Å². The second kappa shape index (κ2) is 8.44. The maximum Gasteiger partial charge on any atom is 0.294 e. The summed E-state index contributed by atoms with van der Waals surface area (Å²) in [4.78, 5) is 31.1. The predicted octanol–water partition coefficient (Wildman–Crippen LogP) is 5.06. The van der Waals surface area contributed by atoms with Crippen molar-refractivity contribution in [1.29, 1.82) is 0 Å². The molecule has 0 spiro atoms. The molecule has 6 heteroatoms. The summed E-state index contributed by atoms with van der Waals surface area (Å²) < 4.78 is 5.89. The number of aliphatic hydroxyl groups excluding tert-OH is 1. The molecule has 31 heavy (non-hydrogen) atoms. The number of Topliss-reactive ketones (excluding diaryl/α,β-unsaturated/α-hetero) is 1. The lowest BCUT2D eigenvalue weighted by atomic mass is 9.96. The fraction of sp³-hybridized carbons (Fsp3) is 0.160. The van der Waals surface area contributed by atoms with E-state index < -0.39 is 17.7 Å². The van der Waals surface area contributed by atoms with Crippen LogP contribution in [0.15, 0.2) is 84.4 Å². The van der Waals surface area contributed by atoms with Crippen molar-refractivity contribution in [2.75, 3.05) is 4.90 Å². The highest BCUT2D eigenvalue weighted by molar-refractivity contribution is 6.16. The van der Waals surface area contributed by atoms with Crippen molar-refractivity contribution >= 4 is 17.4 Å². The van der Waals surface area contributed by atoms with Crippen LogP contribution in [-0.2, 0) is 9.59 Å². The Bertz CT molecular complexity index is 1150. The van der Waals surface area contributed by atoms with Gasteiger partial charge in [0.2, 0.25) is 0 Å². The predicted molar refractivity (Wildman–Crippen MR) is 117 cm³/mol. The first-order chi connectivity index (χ1) is 15.0. The zero-order chi connectivity index (χ0) is 22.0. The number of hydrogen-bond acceptors (Lipinski definition) is 5. The van der Waals surface area contributed by atoms with Gasteiger partial charge in [0, 0.05) is 24.5 Å². The van der Waals surface area contributed by atoms with Crippen molar-refractivity contribution in [3.63, 3.8) is 0 Å². The van der Waals surface area contributed by atoms with E-state index >= 15 is 0 Å². The maximum atomic E-state index is 12.9. The van der Waals surface area contributed by atoms with E-state index in [0.717, 1.165) is 5.56 Å². The average molecular weight is 414 g/mol. The summed E-state index contributed by atoms with van der Waals surface area (Å²) in [5, 5.41) is 10.5.